The second kappa shape index (κ2) is 7.96. The number of likely N-dealkylation sites (N-methyl/N-ethyl adjacent to an activating group) is 2. The van der Waals surface area contributed by atoms with Gasteiger partial charge in [-0.3, -0.25) is 4.79 Å². The van der Waals surface area contributed by atoms with Gasteiger partial charge in [0.15, 0.2) is 5.82 Å². The zero-order valence-corrected chi connectivity index (χ0v) is 12.8. The third-order valence-electron chi connectivity index (χ3n) is 2.65. The SMILES string of the molecule is CNCC(=O)N(C)Cc1nc(C(C)OCC(C)C)no1. The average Bonchev–Trinajstić information content (AvgIpc) is 2.84. The van der Waals surface area contributed by atoms with Gasteiger partial charge in [-0.05, 0) is 19.9 Å². The maximum absolute atomic E-state index is 11.6. The van der Waals surface area contributed by atoms with Gasteiger partial charge >= 0.3 is 0 Å². The van der Waals surface area contributed by atoms with Gasteiger partial charge in [-0.1, -0.05) is 19.0 Å². The van der Waals surface area contributed by atoms with Gasteiger partial charge in [0.25, 0.3) is 0 Å². The number of amides is 1. The Morgan fingerprint density at radius 1 is 1.45 bits per heavy atom. The molecule has 1 aromatic rings. The highest BCUT2D eigenvalue weighted by molar-refractivity contribution is 5.77. The van der Waals surface area contributed by atoms with Crippen LogP contribution in [0.25, 0.3) is 0 Å². The van der Waals surface area contributed by atoms with Crippen molar-refractivity contribution in [1.82, 2.24) is 20.4 Å². The van der Waals surface area contributed by atoms with Gasteiger partial charge in [0.05, 0.1) is 13.1 Å². The van der Waals surface area contributed by atoms with E-state index in [4.69, 9.17) is 9.26 Å². The lowest BCUT2D eigenvalue weighted by Crippen LogP contribution is -2.33. The Bertz CT molecular complexity index is 420. The third-order valence-corrected chi connectivity index (χ3v) is 2.65. The number of nitrogens with one attached hydrogen (secondary N) is 1. The molecule has 20 heavy (non-hydrogen) atoms. The summed E-state index contributed by atoms with van der Waals surface area (Å²) >= 11 is 0. The number of carbonyl (C=O) groups is 1. The molecule has 0 aliphatic heterocycles. The number of aromatic nitrogens is 2. The molecule has 7 heteroatoms. The van der Waals surface area contributed by atoms with Gasteiger partial charge in [-0.2, -0.15) is 4.98 Å². The molecule has 1 amide bonds. The quantitative estimate of drug-likeness (QED) is 0.766. The van der Waals surface area contributed by atoms with Crippen LogP contribution in [-0.2, 0) is 16.1 Å². The lowest BCUT2D eigenvalue weighted by molar-refractivity contribution is -0.129. The summed E-state index contributed by atoms with van der Waals surface area (Å²) in [6.07, 6.45) is -0.215. The number of hydrogen-bond acceptors (Lipinski definition) is 6. The zero-order chi connectivity index (χ0) is 15.1. The number of hydrogen-bond donors (Lipinski definition) is 1. The second-order valence-electron chi connectivity index (χ2n) is 5.20. The van der Waals surface area contributed by atoms with Crippen LogP contribution in [0.5, 0.6) is 0 Å². The third kappa shape index (κ3) is 5.26. The summed E-state index contributed by atoms with van der Waals surface area (Å²) in [6.45, 7) is 7.27. The van der Waals surface area contributed by atoms with Crippen molar-refractivity contribution in [2.45, 2.75) is 33.4 Å². The van der Waals surface area contributed by atoms with Crippen molar-refractivity contribution in [3.8, 4) is 0 Å². The minimum atomic E-state index is -0.215. The molecule has 0 fully saturated rings. The first-order valence-corrected chi connectivity index (χ1v) is 6.76. The van der Waals surface area contributed by atoms with E-state index in [1.807, 2.05) is 6.92 Å². The predicted molar refractivity (Wildman–Crippen MR) is 73.9 cm³/mol. The molecule has 1 rings (SSSR count). The van der Waals surface area contributed by atoms with Gasteiger partial charge < -0.3 is 19.5 Å². The van der Waals surface area contributed by atoms with E-state index < -0.39 is 0 Å². The Kier molecular flexibility index (Phi) is 6.60. The fraction of sp³-hybridized carbons (Fsp3) is 0.769. The summed E-state index contributed by atoms with van der Waals surface area (Å²) < 4.78 is 10.8. The first-order chi connectivity index (χ1) is 9.43. The first-order valence-electron chi connectivity index (χ1n) is 6.76. The van der Waals surface area contributed by atoms with E-state index in [2.05, 4.69) is 29.3 Å². The number of carbonyl (C=O) groups excluding carboxylic acids is 1. The predicted octanol–water partition coefficient (Wildman–Crippen LogP) is 0.981. The van der Waals surface area contributed by atoms with Crippen LogP contribution in [0.4, 0.5) is 0 Å². The first kappa shape index (κ1) is 16.6. The standard InChI is InChI=1S/C13H24N4O3/c1-9(2)8-19-10(3)13-15-11(20-16-13)7-17(5)12(18)6-14-4/h9-10,14H,6-8H2,1-5H3. The maximum atomic E-state index is 11.6. The molecule has 0 bridgehead atoms. The highest BCUT2D eigenvalue weighted by Gasteiger charge is 2.17. The molecule has 0 aliphatic rings. The fourth-order valence-electron chi connectivity index (χ4n) is 1.49. The van der Waals surface area contributed by atoms with Crippen molar-refractivity contribution in [3.05, 3.63) is 11.7 Å². The minimum absolute atomic E-state index is 0.0312. The van der Waals surface area contributed by atoms with Gasteiger partial charge in [-0.25, -0.2) is 0 Å². The van der Waals surface area contributed by atoms with E-state index in [9.17, 15) is 4.79 Å². The normalized spacial score (nSPS) is 12.7. The molecular formula is C13H24N4O3. The molecule has 1 unspecified atom stereocenters. The van der Waals surface area contributed by atoms with Gasteiger partial charge in [-0.15, -0.1) is 0 Å². The molecule has 0 saturated heterocycles. The molecule has 7 nitrogen and oxygen atoms in total. The Morgan fingerprint density at radius 2 is 2.15 bits per heavy atom. The van der Waals surface area contributed by atoms with Crippen LogP contribution < -0.4 is 5.32 Å². The lowest BCUT2D eigenvalue weighted by atomic mass is 10.2. The molecule has 0 aromatic carbocycles. The molecule has 0 aliphatic carbocycles. The number of rotatable bonds is 8. The molecule has 0 saturated carbocycles. The summed E-state index contributed by atoms with van der Waals surface area (Å²) in [7, 11) is 3.42. The number of ether oxygens (including phenoxy) is 1. The Hall–Kier alpha value is -1.47. The van der Waals surface area contributed by atoms with Crippen LogP contribution in [0.1, 0.15) is 38.6 Å². The van der Waals surface area contributed by atoms with Crippen molar-refractivity contribution < 1.29 is 14.1 Å². The van der Waals surface area contributed by atoms with Crippen LogP contribution in [0, 0.1) is 5.92 Å². The van der Waals surface area contributed by atoms with E-state index in [0.717, 1.165) is 0 Å². The van der Waals surface area contributed by atoms with Crippen LogP contribution >= 0.6 is 0 Å². The highest BCUT2D eigenvalue weighted by atomic mass is 16.5. The molecule has 0 radical (unpaired) electrons. The van der Waals surface area contributed by atoms with Crippen molar-refractivity contribution in [2.24, 2.45) is 5.92 Å². The van der Waals surface area contributed by atoms with Gasteiger partial charge in [0.1, 0.15) is 6.10 Å². The Morgan fingerprint density at radius 3 is 2.75 bits per heavy atom. The van der Waals surface area contributed by atoms with Crippen molar-refractivity contribution >= 4 is 5.91 Å². The van der Waals surface area contributed by atoms with E-state index in [1.165, 1.54) is 4.90 Å². The molecule has 1 aromatic heterocycles. The van der Waals surface area contributed by atoms with E-state index >= 15 is 0 Å². The molecule has 114 valence electrons. The summed E-state index contributed by atoms with van der Waals surface area (Å²) in [6, 6.07) is 0. The minimum Gasteiger partial charge on any atom is -0.370 e. The smallest absolute Gasteiger partial charge is 0.246 e. The Labute approximate surface area is 119 Å². The summed E-state index contributed by atoms with van der Waals surface area (Å²) in [5.41, 5.74) is 0. The van der Waals surface area contributed by atoms with Gasteiger partial charge in [0.2, 0.25) is 11.8 Å². The van der Waals surface area contributed by atoms with Crippen LogP contribution in [0.3, 0.4) is 0 Å². The lowest BCUT2D eigenvalue weighted by Gasteiger charge is -2.14. The van der Waals surface area contributed by atoms with Crippen LogP contribution in [0.2, 0.25) is 0 Å². The summed E-state index contributed by atoms with van der Waals surface area (Å²) in [4.78, 5) is 17.4. The maximum Gasteiger partial charge on any atom is 0.246 e. The Balaban J connectivity index is 2.52. The summed E-state index contributed by atoms with van der Waals surface area (Å²) in [5.74, 6) is 1.34. The molecular weight excluding hydrogens is 260 g/mol. The van der Waals surface area contributed by atoms with Gasteiger partial charge in [0, 0.05) is 13.7 Å². The summed E-state index contributed by atoms with van der Waals surface area (Å²) in [5, 5.41) is 6.69. The second-order valence-corrected chi connectivity index (χ2v) is 5.20. The van der Waals surface area contributed by atoms with E-state index in [0.29, 0.717) is 30.8 Å². The van der Waals surface area contributed by atoms with Crippen molar-refractivity contribution in [1.29, 1.82) is 0 Å². The number of nitrogens with zero attached hydrogens (tertiary/aromatic N) is 3. The molecule has 1 atom stereocenters. The molecule has 1 N–H and O–H groups in total. The van der Waals surface area contributed by atoms with E-state index in [1.54, 1.807) is 14.1 Å². The van der Waals surface area contributed by atoms with Crippen molar-refractivity contribution in [2.75, 3.05) is 27.2 Å². The van der Waals surface area contributed by atoms with E-state index in [-0.39, 0.29) is 18.6 Å². The van der Waals surface area contributed by atoms with Crippen LogP contribution in [0.15, 0.2) is 4.52 Å². The average molecular weight is 284 g/mol. The topological polar surface area (TPSA) is 80.5 Å². The molecule has 0 spiro atoms. The largest absolute Gasteiger partial charge is 0.370 e. The highest BCUT2D eigenvalue weighted by Crippen LogP contribution is 2.14. The van der Waals surface area contributed by atoms with Crippen molar-refractivity contribution in [3.63, 3.8) is 0 Å². The monoisotopic (exact) mass is 284 g/mol. The molecule has 1 heterocycles. The fourth-order valence-corrected chi connectivity index (χ4v) is 1.49. The zero-order valence-electron chi connectivity index (χ0n) is 12.8. The van der Waals surface area contributed by atoms with Crippen LogP contribution in [-0.4, -0.2) is 48.2 Å².